The van der Waals surface area contributed by atoms with Crippen LogP contribution < -0.4 is 24.0 Å². The average Bonchev–Trinajstić information content (AvgIpc) is 3.00. The van der Waals surface area contributed by atoms with E-state index in [-0.39, 0.29) is 16.3 Å². The van der Waals surface area contributed by atoms with Gasteiger partial charge in [-0.1, -0.05) is 11.3 Å². The number of amides is 1. The highest BCUT2D eigenvalue weighted by atomic mass is 32.2. The van der Waals surface area contributed by atoms with Crippen LogP contribution in [-0.2, 0) is 21.9 Å². The summed E-state index contributed by atoms with van der Waals surface area (Å²) in [6.07, 6.45) is 1.02. The van der Waals surface area contributed by atoms with Gasteiger partial charge in [0.25, 0.3) is 0 Å². The third-order valence-corrected chi connectivity index (χ3v) is 6.99. The zero-order valence-corrected chi connectivity index (χ0v) is 19.3. The minimum absolute atomic E-state index is 0.111. The topological polar surface area (TPSA) is 107 Å². The second kappa shape index (κ2) is 8.60. The van der Waals surface area contributed by atoms with Crippen molar-refractivity contribution in [3.63, 3.8) is 0 Å². The summed E-state index contributed by atoms with van der Waals surface area (Å²) in [6, 6.07) is 8.68. The molecule has 11 heteroatoms. The monoisotopic (exact) mass is 465 g/mol. The van der Waals surface area contributed by atoms with Gasteiger partial charge in [0.15, 0.2) is 0 Å². The van der Waals surface area contributed by atoms with Gasteiger partial charge < -0.3 is 19.4 Å². The van der Waals surface area contributed by atoms with Crippen LogP contribution >= 0.6 is 11.3 Å². The molecule has 166 valence electrons. The summed E-state index contributed by atoms with van der Waals surface area (Å²) in [4.78, 5) is 24.7. The molecule has 3 aromatic rings. The number of carbonyl (C=O) groups excluding carboxylic acids is 1. The van der Waals surface area contributed by atoms with Crippen LogP contribution in [0.3, 0.4) is 0 Å². The van der Waals surface area contributed by atoms with Crippen molar-refractivity contribution in [3.8, 4) is 11.5 Å². The smallest absolute Gasteiger partial charge is 0.307 e. The Labute approximate surface area is 183 Å². The molecule has 1 amide bonds. The van der Waals surface area contributed by atoms with E-state index in [0.717, 1.165) is 27.4 Å². The van der Waals surface area contributed by atoms with E-state index in [1.165, 1.54) is 31.8 Å². The second-order valence-corrected chi connectivity index (χ2v) is 9.72. The average molecular weight is 466 g/mol. The standard InChI is InChI=1S/C20H23N3O6S2/c1-12(19(24)21-13-6-8-15-18(10-13)30-20(25)22(15)2)23(31(5,26)27)16-11-14(28-3)7-9-17(16)29-4/h6-12H,1-5H3,(H,21,24)/t12-/m1/s1. The van der Waals surface area contributed by atoms with Crippen LogP contribution in [0.15, 0.2) is 41.2 Å². The van der Waals surface area contributed by atoms with Gasteiger partial charge in [0, 0.05) is 18.8 Å². The van der Waals surface area contributed by atoms with Crippen LogP contribution in [0.1, 0.15) is 6.92 Å². The molecule has 0 aliphatic carbocycles. The van der Waals surface area contributed by atoms with Gasteiger partial charge in [-0.2, -0.15) is 0 Å². The third kappa shape index (κ3) is 4.52. The van der Waals surface area contributed by atoms with Crippen LogP contribution in [0.5, 0.6) is 11.5 Å². The Morgan fingerprint density at radius 3 is 2.48 bits per heavy atom. The summed E-state index contributed by atoms with van der Waals surface area (Å²) >= 11 is 1.06. The first-order chi connectivity index (χ1) is 14.6. The van der Waals surface area contributed by atoms with E-state index in [2.05, 4.69) is 5.32 Å². The Hall–Kier alpha value is -3.05. The highest BCUT2D eigenvalue weighted by Crippen LogP contribution is 2.35. The lowest BCUT2D eigenvalue weighted by Crippen LogP contribution is -2.45. The van der Waals surface area contributed by atoms with Crippen molar-refractivity contribution >= 4 is 48.9 Å². The summed E-state index contributed by atoms with van der Waals surface area (Å²) in [5.41, 5.74) is 1.39. The van der Waals surface area contributed by atoms with Gasteiger partial charge in [0.05, 0.1) is 36.4 Å². The van der Waals surface area contributed by atoms with Crippen LogP contribution in [0.25, 0.3) is 10.2 Å². The molecule has 31 heavy (non-hydrogen) atoms. The molecule has 0 aliphatic rings. The molecule has 0 fully saturated rings. The van der Waals surface area contributed by atoms with Gasteiger partial charge in [0.2, 0.25) is 15.9 Å². The molecular formula is C20H23N3O6S2. The number of fused-ring (bicyclic) bond motifs is 1. The Morgan fingerprint density at radius 2 is 1.87 bits per heavy atom. The first-order valence-electron chi connectivity index (χ1n) is 9.18. The van der Waals surface area contributed by atoms with E-state index >= 15 is 0 Å². The Balaban J connectivity index is 1.96. The van der Waals surface area contributed by atoms with Crippen LogP contribution in [0, 0.1) is 0 Å². The second-order valence-electron chi connectivity index (χ2n) is 6.87. The van der Waals surface area contributed by atoms with Crippen molar-refractivity contribution in [1.82, 2.24) is 4.57 Å². The summed E-state index contributed by atoms with van der Waals surface area (Å²) < 4.78 is 39.0. The van der Waals surface area contributed by atoms with Crippen molar-refractivity contribution in [2.75, 3.05) is 30.1 Å². The van der Waals surface area contributed by atoms with E-state index < -0.39 is 22.0 Å². The molecule has 1 heterocycles. The highest BCUT2D eigenvalue weighted by molar-refractivity contribution is 7.92. The molecule has 1 aromatic heterocycles. The molecule has 1 atom stereocenters. The number of carbonyl (C=O) groups is 1. The molecule has 0 saturated heterocycles. The lowest BCUT2D eigenvalue weighted by atomic mass is 10.2. The largest absolute Gasteiger partial charge is 0.497 e. The number of sulfonamides is 1. The molecule has 9 nitrogen and oxygen atoms in total. The van der Waals surface area contributed by atoms with Crippen LogP contribution in [0.2, 0.25) is 0 Å². The number of ether oxygens (including phenoxy) is 2. The zero-order valence-electron chi connectivity index (χ0n) is 17.7. The molecular weight excluding hydrogens is 442 g/mol. The molecule has 0 saturated carbocycles. The number of nitrogens with one attached hydrogen (secondary N) is 1. The molecule has 1 N–H and O–H groups in total. The van der Waals surface area contributed by atoms with Gasteiger partial charge in [-0.25, -0.2) is 8.42 Å². The van der Waals surface area contributed by atoms with E-state index in [9.17, 15) is 18.0 Å². The predicted octanol–water partition coefficient (Wildman–Crippen LogP) is 2.41. The van der Waals surface area contributed by atoms with E-state index in [1.807, 2.05) is 0 Å². The van der Waals surface area contributed by atoms with Gasteiger partial charge >= 0.3 is 4.87 Å². The predicted molar refractivity (Wildman–Crippen MR) is 122 cm³/mol. The maximum absolute atomic E-state index is 13.0. The van der Waals surface area contributed by atoms with Gasteiger partial charge in [-0.15, -0.1) is 0 Å². The van der Waals surface area contributed by atoms with Crippen LogP contribution in [0.4, 0.5) is 11.4 Å². The first kappa shape index (κ1) is 22.6. The third-order valence-electron chi connectivity index (χ3n) is 4.77. The van der Waals surface area contributed by atoms with Crippen molar-refractivity contribution in [1.29, 1.82) is 0 Å². The Bertz CT molecular complexity index is 1300. The van der Waals surface area contributed by atoms with Crippen molar-refractivity contribution in [2.24, 2.45) is 7.05 Å². The molecule has 0 aliphatic heterocycles. The first-order valence-corrected chi connectivity index (χ1v) is 11.8. The number of aromatic nitrogens is 1. The minimum atomic E-state index is -3.85. The Morgan fingerprint density at radius 1 is 1.16 bits per heavy atom. The number of anilines is 2. The number of aryl methyl sites for hydroxylation is 1. The fourth-order valence-electron chi connectivity index (χ4n) is 3.21. The molecule has 0 bridgehead atoms. The number of benzene rings is 2. The van der Waals surface area contributed by atoms with E-state index in [0.29, 0.717) is 16.1 Å². The summed E-state index contributed by atoms with van der Waals surface area (Å²) in [7, 11) is 0.692. The number of hydrogen-bond acceptors (Lipinski definition) is 7. The number of hydrogen-bond donors (Lipinski definition) is 1. The van der Waals surface area contributed by atoms with Crippen molar-refractivity contribution in [3.05, 3.63) is 46.1 Å². The fourth-order valence-corrected chi connectivity index (χ4v) is 5.30. The minimum Gasteiger partial charge on any atom is -0.497 e. The molecule has 0 unspecified atom stereocenters. The number of methoxy groups -OCH3 is 2. The van der Waals surface area contributed by atoms with E-state index in [4.69, 9.17) is 9.47 Å². The lowest BCUT2D eigenvalue weighted by Gasteiger charge is -2.29. The SMILES string of the molecule is COc1ccc(OC)c(N([C@H](C)C(=O)Nc2ccc3c(c2)sc(=O)n3C)S(C)(=O)=O)c1. The van der Waals surface area contributed by atoms with Crippen molar-refractivity contribution in [2.45, 2.75) is 13.0 Å². The molecule has 3 rings (SSSR count). The maximum atomic E-state index is 13.0. The molecule has 2 aromatic carbocycles. The van der Waals surface area contributed by atoms with Crippen LogP contribution in [-0.4, -0.2) is 45.4 Å². The summed E-state index contributed by atoms with van der Waals surface area (Å²) in [6.45, 7) is 1.48. The zero-order chi connectivity index (χ0) is 22.9. The number of thiazole rings is 1. The summed E-state index contributed by atoms with van der Waals surface area (Å²) in [5.74, 6) is 0.153. The fraction of sp³-hybridized carbons (Fsp3) is 0.300. The number of nitrogens with zero attached hydrogens (tertiary/aromatic N) is 2. The van der Waals surface area contributed by atoms with Crippen molar-refractivity contribution < 1.29 is 22.7 Å². The highest BCUT2D eigenvalue weighted by Gasteiger charge is 2.31. The molecule has 0 spiro atoms. The van der Waals surface area contributed by atoms with E-state index in [1.54, 1.807) is 37.4 Å². The summed E-state index contributed by atoms with van der Waals surface area (Å²) in [5, 5.41) is 2.73. The Kier molecular flexibility index (Phi) is 6.27. The number of rotatable bonds is 7. The normalized spacial score (nSPS) is 12.4. The quantitative estimate of drug-likeness (QED) is 0.574. The maximum Gasteiger partial charge on any atom is 0.307 e. The molecule has 0 radical (unpaired) electrons. The van der Waals surface area contributed by atoms with Gasteiger partial charge in [-0.05, 0) is 37.3 Å². The van der Waals surface area contributed by atoms with Gasteiger partial charge in [-0.3, -0.25) is 13.9 Å². The lowest BCUT2D eigenvalue weighted by molar-refractivity contribution is -0.116. The van der Waals surface area contributed by atoms with Gasteiger partial charge in [0.1, 0.15) is 17.5 Å².